The highest BCUT2D eigenvalue weighted by molar-refractivity contribution is 7.66. The number of nitrogens with one attached hydrogen (secondary N) is 2. The summed E-state index contributed by atoms with van der Waals surface area (Å²) in [5.41, 5.74) is 9.46. The third kappa shape index (κ3) is 12.1. The smallest absolute Gasteiger partial charge is 0.387 e. The van der Waals surface area contributed by atoms with Crippen LogP contribution in [0.4, 0.5) is 11.8 Å². The van der Waals surface area contributed by atoms with Crippen molar-refractivity contribution in [3.8, 4) is 0 Å². The first-order valence-corrected chi connectivity index (χ1v) is 27.1. The molecule has 0 radical (unpaired) electrons. The first-order chi connectivity index (χ1) is 34.3. The molecule has 5 aromatic heterocycles. The number of phosphoric acid groups is 4. The van der Waals surface area contributed by atoms with E-state index < -0.39 is 142 Å². The average Bonchev–Trinajstić information content (AvgIpc) is 4.10. The number of aliphatic hydroxyl groups excluding tert-OH is 3. The molecule has 13 N–H and O–H groups in total. The van der Waals surface area contributed by atoms with E-state index in [2.05, 4.69) is 33.5 Å². The molecule has 36 nitrogen and oxygen atoms in total. The number of rotatable bonds is 21. The molecule has 3 aliphatic rings. The van der Waals surface area contributed by atoms with Crippen molar-refractivity contribution < 1.29 is 103 Å². The van der Waals surface area contributed by atoms with Crippen LogP contribution in [-0.2, 0) is 71.0 Å². The molecule has 4 unspecified atom stereocenters. The summed E-state index contributed by atoms with van der Waals surface area (Å²) in [5, 5.41) is 32.5. The molecule has 0 aromatic carbocycles. The van der Waals surface area contributed by atoms with Gasteiger partial charge < -0.3 is 65.3 Å². The van der Waals surface area contributed by atoms with E-state index in [1.165, 1.54) is 40.5 Å². The van der Waals surface area contributed by atoms with Crippen LogP contribution >= 0.6 is 31.3 Å². The number of aromatic nitrogens is 10. The number of hydrogen-bond donors (Lipinski definition) is 11. The third-order valence-corrected chi connectivity index (χ3v) is 16.7. The van der Waals surface area contributed by atoms with Crippen molar-refractivity contribution in [1.29, 1.82) is 0 Å². The van der Waals surface area contributed by atoms with E-state index >= 15 is 0 Å². The van der Waals surface area contributed by atoms with Crippen molar-refractivity contribution in [1.82, 2.24) is 43.6 Å². The number of nitrogen functional groups attached to an aromatic ring is 2. The summed E-state index contributed by atoms with van der Waals surface area (Å²) in [4.78, 5) is 99.1. The topological polar surface area (TPSA) is 507 Å². The van der Waals surface area contributed by atoms with Crippen LogP contribution in [0.3, 0.4) is 0 Å². The molecule has 73 heavy (non-hydrogen) atoms. The molecule has 3 saturated heterocycles. The molecule has 0 aliphatic carbocycles. The Balaban J connectivity index is 0.915. The monoisotopic (exact) mass is 1120 g/mol. The Hall–Kier alpha value is -4.58. The molecular formula is C33H47N12O24P4+. The Bertz CT molecular complexity index is 3230. The van der Waals surface area contributed by atoms with Crippen LogP contribution in [0.5, 0.6) is 0 Å². The summed E-state index contributed by atoms with van der Waals surface area (Å²) in [5.74, 6) is -1.23. The zero-order valence-electron chi connectivity index (χ0n) is 37.6. The second-order valence-corrected chi connectivity index (χ2v) is 22.4. The number of ether oxygens (including phenoxy) is 4. The maximum absolute atomic E-state index is 13.4. The molecule has 0 spiro atoms. The van der Waals surface area contributed by atoms with Crippen LogP contribution < -0.4 is 32.8 Å². The van der Waals surface area contributed by atoms with Gasteiger partial charge in [0.2, 0.25) is 11.7 Å². The van der Waals surface area contributed by atoms with E-state index in [1.807, 2.05) is 4.98 Å². The third-order valence-electron chi connectivity index (χ3n) is 11.5. The van der Waals surface area contributed by atoms with Crippen LogP contribution in [0.2, 0.25) is 0 Å². The van der Waals surface area contributed by atoms with Gasteiger partial charge in [-0.1, -0.05) is 4.98 Å². The molecule has 402 valence electrons. The first-order valence-electron chi connectivity index (χ1n) is 21.1. The number of methoxy groups -OCH3 is 1. The SMILES string of the molecule is COCC[C@H]1[C@@H](O)[C@H]([n+]2cn(C)c3c(=O)[nH]c(N)nc32)O[C@@H]1COP(=O)(O)OP(=O)(O)OP(=O)(O)OC[C@H]1O[C@@H](n2cnc3c(N)ncnc32)C[C@@H]1OP(=O)(O)OC[C@H]1O[C@@H](n2ccc(=O)[nH]c2=O)[C@H](O)[C@@H]1O. The largest absolute Gasteiger partial charge is 0.490 e. The number of aryl methyl sites for hydroxylation is 1. The van der Waals surface area contributed by atoms with Gasteiger partial charge in [0.1, 0.15) is 54.7 Å². The molecule has 15 atom stereocenters. The van der Waals surface area contributed by atoms with Crippen molar-refractivity contribution in [3.63, 3.8) is 0 Å². The van der Waals surface area contributed by atoms with Gasteiger partial charge in [0.05, 0.1) is 39.3 Å². The molecule has 3 aliphatic heterocycles. The van der Waals surface area contributed by atoms with E-state index in [1.54, 1.807) is 0 Å². The predicted octanol–water partition coefficient (Wildman–Crippen LogP) is -3.21. The standard InChI is InChI=1S/C33H46N12O24P4/c1-42-13-45(28-22(42)29(50)41-32(35)40-28)30-23(47)14(4-6-60-2)16(65-30)8-62-71(54,55)68-73(58,59)69-72(56,57)63-9-17-15(7-20(64-17)44-12-38-21-26(34)36-11-37-27(21)44)67-70(52,53)61-10-18-24(48)25(49)31(66-18)43-5-3-19(46)39-33(43)51/h3,5,11-18,20,23-25,30-31,47-49H,4,6-10H2,1-2H3,(H9-,34,35,36,37,39,40,41,46,50,51,52,53,54,55,56,57,58,59)/p+1/t14-,15+,16-,17-,18-,20-,23-,24-,25-,30-,31-/m1/s1. The van der Waals surface area contributed by atoms with Gasteiger partial charge in [-0.15, -0.1) is 0 Å². The summed E-state index contributed by atoms with van der Waals surface area (Å²) >= 11 is 0. The maximum atomic E-state index is 13.4. The van der Waals surface area contributed by atoms with Gasteiger partial charge in [0.15, 0.2) is 24.0 Å². The minimum absolute atomic E-state index is 0.00227. The van der Waals surface area contributed by atoms with Gasteiger partial charge in [-0.2, -0.15) is 8.62 Å². The fraction of sp³-hybridized carbons (Fsp3) is 0.576. The summed E-state index contributed by atoms with van der Waals surface area (Å²) in [7, 11) is -20.2. The fourth-order valence-corrected chi connectivity index (χ4v) is 12.7. The molecule has 0 amide bonds. The zero-order chi connectivity index (χ0) is 52.9. The molecule has 40 heteroatoms. The number of nitrogens with two attached hydrogens (primary N) is 2. The van der Waals surface area contributed by atoms with Crippen molar-refractivity contribution in [2.45, 2.75) is 74.3 Å². The Kier molecular flexibility index (Phi) is 15.9. The molecule has 8 heterocycles. The number of anilines is 2. The number of aliphatic hydroxyl groups is 3. The van der Waals surface area contributed by atoms with Gasteiger partial charge in [-0.3, -0.25) is 51.4 Å². The number of fused-ring (bicyclic) bond motifs is 2. The van der Waals surface area contributed by atoms with Crippen molar-refractivity contribution in [2.75, 3.05) is 45.0 Å². The quantitative estimate of drug-likeness (QED) is 0.0254. The van der Waals surface area contributed by atoms with E-state index in [0.29, 0.717) is 0 Å². The predicted molar refractivity (Wildman–Crippen MR) is 236 cm³/mol. The van der Waals surface area contributed by atoms with Gasteiger partial charge in [0, 0.05) is 38.3 Å². The second-order valence-electron chi connectivity index (χ2n) is 16.3. The van der Waals surface area contributed by atoms with Gasteiger partial charge in [-0.05, 0) is 6.42 Å². The lowest BCUT2D eigenvalue weighted by atomic mass is 9.95. The van der Waals surface area contributed by atoms with Crippen LogP contribution in [0.15, 0.2) is 45.6 Å². The molecule has 3 fully saturated rings. The van der Waals surface area contributed by atoms with Gasteiger partial charge in [0.25, 0.3) is 17.1 Å². The van der Waals surface area contributed by atoms with Crippen molar-refractivity contribution in [2.24, 2.45) is 13.0 Å². The zero-order valence-corrected chi connectivity index (χ0v) is 41.1. The highest BCUT2D eigenvalue weighted by atomic mass is 31.3. The van der Waals surface area contributed by atoms with Crippen molar-refractivity contribution >= 4 is 65.4 Å². The number of hydrogen-bond acceptors (Lipinski definition) is 26. The normalized spacial score (nSPS) is 29.8. The number of phosphoric ester groups is 3. The Morgan fingerprint density at radius 2 is 1.49 bits per heavy atom. The van der Waals surface area contributed by atoms with Gasteiger partial charge >= 0.3 is 42.6 Å². The average molecular weight is 1120 g/mol. The van der Waals surface area contributed by atoms with Crippen LogP contribution in [0, 0.1) is 5.92 Å². The Morgan fingerprint density at radius 3 is 2.18 bits per heavy atom. The molecule has 0 bridgehead atoms. The lowest BCUT2D eigenvalue weighted by Gasteiger charge is -2.24. The Morgan fingerprint density at radius 1 is 0.822 bits per heavy atom. The molecule has 0 saturated carbocycles. The number of aromatic amines is 2. The summed E-state index contributed by atoms with van der Waals surface area (Å²) in [6.45, 7) is -3.02. The number of H-pyrrole nitrogens is 2. The number of imidazole rings is 2. The van der Waals surface area contributed by atoms with Crippen LogP contribution in [-0.4, -0.2) is 155 Å². The fourth-order valence-electron chi connectivity index (χ4n) is 8.22. The molecular weight excluding hydrogens is 1070 g/mol. The van der Waals surface area contributed by atoms with Crippen molar-refractivity contribution in [3.05, 3.63) is 62.4 Å². The van der Waals surface area contributed by atoms with Crippen LogP contribution in [0.25, 0.3) is 22.3 Å². The second kappa shape index (κ2) is 21.2. The van der Waals surface area contributed by atoms with Crippen LogP contribution in [0.1, 0.15) is 31.5 Å². The molecule has 5 aromatic rings. The van der Waals surface area contributed by atoms with E-state index in [0.717, 1.165) is 23.2 Å². The maximum Gasteiger partial charge on any atom is 0.490 e. The number of nitrogens with zero attached hydrogens (tertiary/aromatic N) is 8. The van der Waals surface area contributed by atoms with E-state index in [-0.39, 0.29) is 47.1 Å². The van der Waals surface area contributed by atoms with Gasteiger partial charge in [-0.25, -0.2) is 42.6 Å². The minimum Gasteiger partial charge on any atom is -0.387 e. The Labute approximate surface area is 406 Å². The highest BCUT2D eigenvalue weighted by Crippen LogP contribution is 2.68. The minimum atomic E-state index is -6.13. The molecule has 8 rings (SSSR count). The summed E-state index contributed by atoms with van der Waals surface area (Å²) in [6, 6.07) is 0.934. The van der Waals surface area contributed by atoms with E-state index in [4.69, 9.17) is 48.5 Å². The highest BCUT2D eigenvalue weighted by Gasteiger charge is 2.51. The van der Waals surface area contributed by atoms with E-state index in [9.17, 15) is 67.5 Å². The summed E-state index contributed by atoms with van der Waals surface area (Å²) < 4.78 is 108. The summed E-state index contributed by atoms with van der Waals surface area (Å²) in [6.07, 6.45) is -11.1. The lowest BCUT2D eigenvalue weighted by molar-refractivity contribution is -0.745. The first kappa shape index (κ1) is 54.7. The lowest BCUT2D eigenvalue weighted by Crippen LogP contribution is -2.45.